The van der Waals surface area contributed by atoms with E-state index in [1.54, 1.807) is 7.11 Å². The summed E-state index contributed by atoms with van der Waals surface area (Å²) in [5.74, 6) is 2.41. The number of benzene rings is 1. The predicted octanol–water partition coefficient (Wildman–Crippen LogP) is 2.20. The summed E-state index contributed by atoms with van der Waals surface area (Å²) in [6.07, 6.45) is 0.918. The molecule has 4 heteroatoms. The third kappa shape index (κ3) is 2.34. The van der Waals surface area contributed by atoms with E-state index in [-0.39, 0.29) is 0 Å². The molecule has 1 aromatic heterocycles. The van der Waals surface area contributed by atoms with Gasteiger partial charge < -0.3 is 15.0 Å². The zero-order valence-corrected chi connectivity index (χ0v) is 11.3. The first kappa shape index (κ1) is 12.9. The molecule has 1 aromatic carbocycles. The molecule has 1 unspecified atom stereocenters. The lowest BCUT2D eigenvalue weighted by Gasteiger charge is -2.10. The lowest BCUT2D eigenvalue weighted by atomic mass is 10.1. The van der Waals surface area contributed by atoms with E-state index in [0.29, 0.717) is 12.5 Å². The summed E-state index contributed by atoms with van der Waals surface area (Å²) >= 11 is 0. The zero-order valence-electron chi connectivity index (χ0n) is 11.3. The van der Waals surface area contributed by atoms with Crippen molar-refractivity contribution in [3.05, 3.63) is 24.0 Å². The summed E-state index contributed by atoms with van der Waals surface area (Å²) in [5, 5.41) is 0. The van der Waals surface area contributed by atoms with Gasteiger partial charge in [0.25, 0.3) is 0 Å². The van der Waals surface area contributed by atoms with Crippen LogP contribution in [0.25, 0.3) is 11.0 Å². The maximum Gasteiger partial charge on any atom is 0.121 e. The van der Waals surface area contributed by atoms with Gasteiger partial charge in [-0.2, -0.15) is 0 Å². The van der Waals surface area contributed by atoms with Crippen LogP contribution >= 0.6 is 0 Å². The van der Waals surface area contributed by atoms with Gasteiger partial charge in [-0.25, -0.2) is 4.98 Å². The SMILES string of the molecule is CCn1c(CC(C)CN)nc2cc(OC)ccc21. The zero-order chi connectivity index (χ0) is 13.1. The van der Waals surface area contributed by atoms with Crippen molar-refractivity contribution in [1.29, 1.82) is 0 Å². The second-order valence-electron chi connectivity index (χ2n) is 4.67. The maximum atomic E-state index is 5.69. The van der Waals surface area contributed by atoms with Gasteiger partial charge in [-0.05, 0) is 31.5 Å². The largest absolute Gasteiger partial charge is 0.497 e. The van der Waals surface area contributed by atoms with Gasteiger partial charge >= 0.3 is 0 Å². The van der Waals surface area contributed by atoms with Gasteiger partial charge in [0.15, 0.2) is 0 Å². The number of aromatic nitrogens is 2. The molecule has 0 spiro atoms. The molecule has 0 saturated carbocycles. The molecule has 2 aromatic rings. The highest BCUT2D eigenvalue weighted by Crippen LogP contribution is 2.22. The minimum absolute atomic E-state index is 0.453. The molecule has 98 valence electrons. The highest BCUT2D eigenvalue weighted by molar-refractivity contribution is 5.77. The fourth-order valence-electron chi connectivity index (χ4n) is 2.19. The van der Waals surface area contributed by atoms with Crippen LogP contribution < -0.4 is 10.5 Å². The Bertz CT molecular complexity index is 533. The quantitative estimate of drug-likeness (QED) is 0.881. The summed E-state index contributed by atoms with van der Waals surface area (Å²) < 4.78 is 7.49. The molecule has 0 amide bonds. The normalized spacial score (nSPS) is 12.9. The van der Waals surface area contributed by atoms with E-state index in [4.69, 9.17) is 15.5 Å². The average molecular weight is 247 g/mol. The fraction of sp³-hybridized carbons (Fsp3) is 0.500. The van der Waals surface area contributed by atoms with Crippen LogP contribution in [0, 0.1) is 5.92 Å². The van der Waals surface area contributed by atoms with Crippen LogP contribution in [0.15, 0.2) is 18.2 Å². The monoisotopic (exact) mass is 247 g/mol. The Balaban J connectivity index is 2.46. The molecule has 4 nitrogen and oxygen atoms in total. The van der Waals surface area contributed by atoms with Gasteiger partial charge in [-0.3, -0.25) is 0 Å². The highest BCUT2D eigenvalue weighted by Gasteiger charge is 2.12. The van der Waals surface area contributed by atoms with Crippen molar-refractivity contribution in [2.24, 2.45) is 11.7 Å². The van der Waals surface area contributed by atoms with E-state index in [1.165, 1.54) is 0 Å². The Morgan fingerprint density at radius 2 is 2.22 bits per heavy atom. The number of hydrogen-bond donors (Lipinski definition) is 1. The summed E-state index contributed by atoms with van der Waals surface area (Å²) in [5.41, 5.74) is 7.85. The van der Waals surface area contributed by atoms with Crippen molar-refractivity contribution in [1.82, 2.24) is 9.55 Å². The van der Waals surface area contributed by atoms with E-state index in [1.807, 2.05) is 12.1 Å². The molecule has 0 bridgehead atoms. The number of ether oxygens (including phenoxy) is 1. The number of methoxy groups -OCH3 is 1. The third-order valence-corrected chi connectivity index (χ3v) is 3.28. The smallest absolute Gasteiger partial charge is 0.121 e. The van der Waals surface area contributed by atoms with Crippen molar-refractivity contribution in [3.8, 4) is 5.75 Å². The minimum Gasteiger partial charge on any atom is -0.497 e. The van der Waals surface area contributed by atoms with Gasteiger partial charge in [0.2, 0.25) is 0 Å². The number of rotatable bonds is 5. The van der Waals surface area contributed by atoms with Crippen molar-refractivity contribution < 1.29 is 4.74 Å². The van der Waals surface area contributed by atoms with Gasteiger partial charge in [0.1, 0.15) is 11.6 Å². The van der Waals surface area contributed by atoms with Gasteiger partial charge in [0, 0.05) is 19.0 Å². The molecule has 1 heterocycles. The molecule has 0 fully saturated rings. The standard InChI is InChI=1S/C14H21N3O/c1-4-17-13-6-5-11(18-3)8-12(13)16-14(17)7-10(2)9-15/h5-6,8,10H,4,7,9,15H2,1-3H3. The van der Waals surface area contributed by atoms with Crippen LogP contribution in [0.3, 0.4) is 0 Å². The summed E-state index contributed by atoms with van der Waals surface area (Å²) in [7, 11) is 1.68. The molecule has 0 aliphatic rings. The maximum absolute atomic E-state index is 5.69. The fourth-order valence-corrected chi connectivity index (χ4v) is 2.19. The molecule has 0 aliphatic carbocycles. The number of nitrogens with zero attached hydrogens (tertiary/aromatic N) is 2. The summed E-state index contributed by atoms with van der Waals surface area (Å²) in [6, 6.07) is 6.03. The molecule has 0 aliphatic heterocycles. The van der Waals surface area contributed by atoms with Crippen molar-refractivity contribution in [3.63, 3.8) is 0 Å². The van der Waals surface area contributed by atoms with Crippen molar-refractivity contribution in [2.75, 3.05) is 13.7 Å². The Hall–Kier alpha value is -1.55. The van der Waals surface area contributed by atoms with E-state index < -0.39 is 0 Å². The Labute approximate surface area is 108 Å². The average Bonchev–Trinajstić information content (AvgIpc) is 2.74. The molecule has 1 atom stereocenters. The van der Waals surface area contributed by atoms with E-state index in [0.717, 1.165) is 35.6 Å². The molecule has 0 saturated heterocycles. The van der Waals surface area contributed by atoms with Crippen molar-refractivity contribution >= 4 is 11.0 Å². The number of imidazole rings is 1. The van der Waals surface area contributed by atoms with Crippen LogP contribution in [0.1, 0.15) is 19.7 Å². The number of aryl methyl sites for hydroxylation is 1. The second-order valence-corrected chi connectivity index (χ2v) is 4.67. The molecule has 2 N–H and O–H groups in total. The predicted molar refractivity (Wildman–Crippen MR) is 73.9 cm³/mol. The van der Waals surface area contributed by atoms with E-state index in [9.17, 15) is 0 Å². The van der Waals surface area contributed by atoms with Crippen LogP contribution in [0.5, 0.6) is 5.75 Å². The Morgan fingerprint density at radius 3 is 2.83 bits per heavy atom. The number of nitrogens with two attached hydrogens (primary N) is 1. The molecular formula is C14H21N3O. The first-order valence-corrected chi connectivity index (χ1v) is 6.42. The first-order chi connectivity index (χ1) is 8.69. The third-order valence-electron chi connectivity index (χ3n) is 3.28. The van der Waals surface area contributed by atoms with E-state index in [2.05, 4.69) is 24.5 Å². The minimum atomic E-state index is 0.453. The first-order valence-electron chi connectivity index (χ1n) is 6.42. The lowest BCUT2D eigenvalue weighted by molar-refractivity contribution is 0.415. The van der Waals surface area contributed by atoms with Gasteiger partial charge in [-0.15, -0.1) is 0 Å². The van der Waals surface area contributed by atoms with Crippen LogP contribution in [0.4, 0.5) is 0 Å². The van der Waals surface area contributed by atoms with E-state index >= 15 is 0 Å². The molecular weight excluding hydrogens is 226 g/mol. The van der Waals surface area contributed by atoms with Gasteiger partial charge in [-0.1, -0.05) is 6.92 Å². The van der Waals surface area contributed by atoms with Crippen LogP contribution in [0.2, 0.25) is 0 Å². The van der Waals surface area contributed by atoms with Crippen LogP contribution in [-0.2, 0) is 13.0 Å². The highest BCUT2D eigenvalue weighted by atomic mass is 16.5. The number of fused-ring (bicyclic) bond motifs is 1. The van der Waals surface area contributed by atoms with Crippen LogP contribution in [-0.4, -0.2) is 23.2 Å². The molecule has 2 rings (SSSR count). The summed E-state index contributed by atoms with van der Waals surface area (Å²) in [6.45, 7) is 5.91. The molecule has 18 heavy (non-hydrogen) atoms. The summed E-state index contributed by atoms with van der Waals surface area (Å²) in [4.78, 5) is 4.71. The van der Waals surface area contributed by atoms with Crippen molar-refractivity contribution in [2.45, 2.75) is 26.8 Å². The lowest BCUT2D eigenvalue weighted by Crippen LogP contribution is -2.15. The molecule has 0 radical (unpaired) electrons. The second kappa shape index (κ2) is 5.40. The Morgan fingerprint density at radius 1 is 1.44 bits per heavy atom. The van der Waals surface area contributed by atoms with Gasteiger partial charge in [0.05, 0.1) is 18.1 Å². The Kier molecular flexibility index (Phi) is 3.87. The topological polar surface area (TPSA) is 53.1 Å². The number of hydrogen-bond acceptors (Lipinski definition) is 3.